The third-order valence-electron chi connectivity index (χ3n) is 3.22. The highest BCUT2D eigenvalue weighted by Gasteiger charge is 2.33. The van der Waals surface area contributed by atoms with Crippen LogP contribution in [0.1, 0.15) is 35.7 Å². The molecular formula is C14H17ClO4. The molecule has 1 heterocycles. The summed E-state index contributed by atoms with van der Waals surface area (Å²) in [5.41, 5.74) is -0.135. The maximum atomic E-state index is 11.8. The van der Waals surface area contributed by atoms with Crippen molar-refractivity contribution >= 4 is 17.6 Å². The van der Waals surface area contributed by atoms with Crippen LogP contribution in [0.4, 0.5) is 0 Å². The van der Waals surface area contributed by atoms with E-state index in [0.717, 1.165) is 6.42 Å². The minimum absolute atomic E-state index is 0.233. The van der Waals surface area contributed by atoms with Crippen LogP contribution in [0.25, 0.3) is 0 Å². The van der Waals surface area contributed by atoms with Crippen LogP contribution in [-0.4, -0.2) is 30.9 Å². The maximum absolute atomic E-state index is 11.8. The summed E-state index contributed by atoms with van der Waals surface area (Å²) < 4.78 is 10.3. The number of halogens is 1. The van der Waals surface area contributed by atoms with Crippen molar-refractivity contribution < 1.29 is 19.4 Å². The molecule has 5 heteroatoms. The number of carbonyl (C=O) groups excluding carboxylic acids is 1. The molecule has 1 aliphatic rings. The summed E-state index contributed by atoms with van der Waals surface area (Å²) >= 11 is 6.00. The average molecular weight is 285 g/mol. The summed E-state index contributed by atoms with van der Waals surface area (Å²) in [6.45, 7) is 2.91. The first-order valence-corrected chi connectivity index (χ1v) is 6.72. The number of aliphatic hydroxyl groups is 1. The molecule has 0 amide bonds. The zero-order chi connectivity index (χ0) is 13.9. The fourth-order valence-electron chi connectivity index (χ4n) is 2.19. The van der Waals surface area contributed by atoms with Crippen molar-refractivity contribution in [2.75, 3.05) is 19.8 Å². The second-order valence-electron chi connectivity index (χ2n) is 4.60. The number of rotatable bonds is 3. The van der Waals surface area contributed by atoms with Crippen LogP contribution >= 0.6 is 11.6 Å². The summed E-state index contributed by atoms with van der Waals surface area (Å²) in [7, 11) is 0. The van der Waals surface area contributed by atoms with Gasteiger partial charge in [0.1, 0.15) is 5.60 Å². The second kappa shape index (κ2) is 5.90. The largest absolute Gasteiger partial charge is 0.462 e. The average Bonchev–Trinajstić information content (AvgIpc) is 2.40. The molecule has 1 unspecified atom stereocenters. The van der Waals surface area contributed by atoms with Gasteiger partial charge in [-0.05, 0) is 37.5 Å². The number of ether oxygens (including phenoxy) is 2. The van der Waals surface area contributed by atoms with Gasteiger partial charge in [-0.3, -0.25) is 0 Å². The van der Waals surface area contributed by atoms with Crippen LogP contribution in [0.3, 0.4) is 0 Å². The molecule has 1 fully saturated rings. The van der Waals surface area contributed by atoms with E-state index in [1.54, 1.807) is 25.1 Å². The number of benzene rings is 1. The predicted molar refractivity (Wildman–Crippen MR) is 71.4 cm³/mol. The van der Waals surface area contributed by atoms with E-state index in [1.807, 2.05) is 0 Å². The normalized spacial score (nSPS) is 23.1. The van der Waals surface area contributed by atoms with Crippen LogP contribution in [0, 0.1) is 0 Å². The molecule has 0 aromatic heterocycles. The van der Waals surface area contributed by atoms with Crippen LogP contribution < -0.4 is 0 Å². The van der Waals surface area contributed by atoms with Gasteiger partial charge in [0.2, 0.25) is 0 Å². The molecule has 0 bridgehead atoms. The van der Waals surface area contributed by atoms with Gasteiger partial charge in [0.05, 0.1) is 23.8 Å². The van der Waals surface area contributed by atoms with Crippen LogP contribution in [0.2, 0.25) is 5.02 Å². The van der Waals surface area contributed by atoms with Gasteiger partial charge in [0.15, 0.2) is 0 Å². The lowest BCUT2D eigenvalue weighted by Crippen LogP contribution is -2.36. The van der Waals surface area contributed by atoms with Gasteiger partial charge in [-0.1, -0.05) is 17.7 Å². The standard InChI is InChI=1S/C14H17ClO4/c1-2-19-13(16)11-8-10(4-5-12(11)15)14(17)6-3-7-18-9-14/h4-5,8,17H,2-3,6-7,9H2,1H3. The van der Waals surface area contributed by atoms with Gasteiger partial charge in [-0.15, -0.1) is 0 Å². The quantitative estimate of drug-likeness (QED) is 0.867. The van der Waals surface area contributed by atoms with Crippen molar-refractivity contribution in [3.05, 3.63) is 34.3 Å². The molecule has 1 aromatic carbocycles. The number of hydrogen-bond acceptors (Lipinski definition) is 4. The smallest absolute Gasteiger partial charge is 0.339 e. The van der Waals surface area contributed by atoms with E-state index in [4.69, 9.17) is 21.1 Å². The lowest BCUT2D eigenvalue weighted by atomic mass is 9.87. The number of hydrogen-bond donors (Lipinski definition) is 1. The Morgan fingerprint density at radius 3 is 3.00 bits per heavy atom. The molecule has 4 nitrogen and oxygen atoms in total. The summed E-state index contributed by atoms with van der Waals surface area (Å²) in [5, 5.41) is 10.9. The van der Waals surface area contributed by atoms with Gasteiger partial charge < -0.3 is 14.6 Å². The molecule has 0 aliphatic carbocycles. The Kier molecular flexibility index (Phi) is 4.45. The van der Waals surface area contributed by atoms with Crippen LogP contribution in [-0.2, 0) is 15.1 Å². The number of carbonyl (C=O) groups is 1. The first kappa shape index (κ1) is 14.3. The fraction of sp³-hybridized carbons (Fsp3) is 0.500. The molecule has 1 aliphatic heterocycles. The Morgan fingerprint density at radius 2 is 2.37 bits per heavy atom. The van der Waals surface area contributed by atoms with Gasteiger partial charge in [0, 0.05) is 6.61 Å². The molecule has 104 valence electrons. The molecule has 1 saturated heterocycles. The molecule has 1 N–H and O–H groups in total. The molecular weight excluding hydrogens is 268 g/mol. The van der Waals surface area contributed by atoms with Crippen molar-refractivity contribution in [1.29, 1.82) is 0 Å². The SMILES string of the molecule is CCOC(=O)c1cc(C2(O)CCCOC2)ccc1Cl. The summed E-state index contributed by atoms with van der Waals surface area (Å²) in [5.74, 6) is -0.477. The van der Waals surface area contributed by atoms with Crippen LogP contribution in [0.5, 0.6) is 0 Å². The minimum Gasteiger partial charge on any atom is -0.462 e. The molecule has 1 atom stereocenters. The van der Waals surface area contributed by atoms with E-state index < -0.39 is 11.6 Å². The zero-order valence-corrected chi connectivity index (χ0v) is 11.6. The highest BCUT2D eigenvalue weighted by molar-refractivity contribution is 6.33. The molecule has 0 radical (unpaired) electrons. The molecule has 2 rings (SSSR count). The summed E-state index contributed by atoms with van der Waals surface area (Å²) in [4.78, 5) is 11.8. The summed E-state index contributed by atoms with van der Waals surface area (Å²) in [6, 6.07) is 4.92. The van der Waals surface area contributed by atoms with Crippen molar-refractivity contribution in [1.82, 2.24) is 0 Å². The Morgan fingerprint density at radius 1 is 1.58 bits per heavy atom. The second-order valence-corrected chi connectivity index (χ2v) is 5.01. The summed E-state index contributed by atoms with van der Waals surface area (Å²) in [6.07, 6.45) is 1.39. The Hall–Kier alpha value is -1.10. The first-order chi connectivity index (χ1) is 9.07. The van der Waals surface area contributed by atoms with Gasteiger partial charge in [-0.2, -0.15) is 0 Å². The Bertz CT molecular complexity index is 467. The Labute approximate surface area is 117 Å². The molecule has 19 heavy (non-hydrogen) atoms. The van der Waals surface area contributed by atoms with Crippen molar-refractivity contribution in [3.63, 3.8) is 0 Å². The van der Waals surface area contributed by atoms with Crippen LogP contribution in [0.15, 0.2) is 18.2 Å². The lowest BCUT2D eigenvalue weighted by molar-refractivity contribution is -0.0903. The third-order valence-corrected chi connectivity index (χ3v) is 3.55. The van der Waals surface area contributed by atoms with E-state index in [0.29, 0.717) is 23.6 Å². The highest BCUT2D eigenvalue weighted by Crippen LogP contribution is 2.32. The monoisotopic (exact) mass is 284 g/mol. The van der Waals surface area contributed by atoms with Gasteiger partial charge in [0.25, 0.3) is 0 Å². The predicted octanol–water partition coefficient (Wildman–Crippen LogP) is 2.51. The molecule has 0 spiro atoms. The lowest BCUT2D eigenvalue weighted by Gasteiger charge is -2.32. The van der Waals surface area contributed by atoms with E-state index in [9.17, 15) is 9.90 Å². The topological polar surface area (TPSA) is 55.8 Å². The number of esters is 1. The van der Waals surface area contributed by atoms with E-state index in [2.05, 4.69) is 0 Å². The van der Waals surface area contributed by atoms with E-state index in [-0.39, 0.29) is 18.8 Å². The highest BCUT2D eigenvalue weighted by atomic mass is 35.5. The fourth-order valence-corrected chi connectivity index (χ4v) is 2.38. The van der Waals surface area contributed by atoms with E-state index in [1.165, 1.54) is 0 Å². The third kappa shape index (κ3) is 3.08. The maximum Gasteiger partial charge on any atom is 0.339 e. The molecule has 1 aromatic rings. The van der Waals surface area contributed by atoms with Crippen molar-refractivity contribution in [3.8, 4) is 0 Å². The van der Waals surface area contributed by atoms with Crippen molar-refractivity contribution in [2.45, 2.75) is 25.4 Å². The molecule has 0 saturated carbocycles. The van der Waals surface area contributed by atoms with Crippen molar-refractivity contribution in [2.24, 2.45) is 0 Å². The minimum atomic E-state index is -1.05. The first-order valence-electron chi connectivity index (χ1n) is 6.34. The van der Waals surface area contributed by atoms with Gasteiger partial charge >= 0.3 is 5.97 Å². The van der Waals surface area contributed by atoms with Gasteiger partial charge in [-0.25, -0.2) is 4.79 Å². The Balaban J connectivity index is 2.32. The zero-order valence-electron chi connectivity index (χ0n) is 10.8. The van der Waals surface area contributed by atoms with E-state index >= 15 is 0 Å².